The van der Waals surface area contributed by atoms with E-state index in [9.17, 15) is 9.59 Å². The summed E-state index contributed by atoms with van der Waals surface area (Å²) in [5.74, 6) is -0.504. The molecule has 0 radical (unpaired) electrons. The number of nitrogens with zero attached hydrogens (tertiary/aromatic N) is 3. The molecular formula is C15H14BrN3O5S. The van der Waals surface area contributed by atoms with Gasteiger partial charge in [0.15, 0.2) is 0 Å². The summed E-state index contributed by atoms with van der Waals surface area (Å²) in [6, 6.07) is 7.64. The molecule has 1 aromatic carbocycles. The van der Waals surface area contributed by atoms with Crippen molar-refractivity contribution >= 4 is 39.6 Å². The number of benzene rings is 1. The van der Waals surface area contributed by atoms with Crippen LogP contribution in [-0.4, -0.2) is 52.8 Å². The smallest absolute Gasteiger partial charge is 0.338 e. The minimum absolute atomic E-state index is 0.00176. The van der Waals surface area contributed by atoms with E-state index in [-0.39, 0.29) is 5.33 Å². The van der Waals surface area contributed by atoms with Crippen molar-refractivity contribution in [3.63, 3.8) is 0 Å². The third-order valence-corrected chi connectivity index (χ3v) is 5.54. The molecule has 25 heavy (non-hydrogen) atoms. The van der Waals surface area contributed by atoms with Gasteiger partial charge in [-0.25, -0.2) is 4.79 Å². The van der Waals surface area contributed by atoms with Crippen LogP contribution in [0.25, 0.3) is 10.4 Å². The first-order valence-electron chi connectivity index (χ1n) is 7.46. The second kappa shape index (κ2) is 8.09. The van der Waals surface area contributed by atoms with Crippen molar-refractivity contribution in [2.75, 3.05) is 11.1 Å². The van der Waals surface area contributed by atoms with Gasteiger partial charge in [-0.3, -0.25) is 4.79 Å². The number of carbonyl (C=O) groups is 2. The van der Waals surface area contributed by atoms with E-state index in [1.54, 1.807) is 30.3 Å². The molecule has 0 aromatic heterocycles. The van der Waals surface area contributed by atoms with Crippen molar-refractivity contribution in [2.24, 2.45) is 5.11 Å². The summed E-state index contributed by atoms with van der Waals surface area (Å²) in [7, 11) is 0. The monoisotopic (exact) mass is 427 g/mol. The summed E-state index contributed by atoms with van der Waals surface area (Å²) in [5.41, 5.74) is 8.84. The molecule has 8 nitrogen and oxygen atoms in total. The van der Waals surface area contributed by atoms with Gasteiger partial charge in [0.2, 0.25) is 0 Å². The fraction of sp³-hybridized carbons (Fsp3) is 0.467. The second-order valence-corrected chi connectivity index (χ2v) is 7.09. The number of halogens is 1. The lowest BCUT2D eigenvalue weighted by Crippen LogP contribution is -2.55. The Morgan fingerprint density at radius 1 is 1.32 bits per heavy atom. The molecule has 2 aliphatic rings. The summed E-state index contributed by atoms with van der Waals surface area (Å²) in [6.45, 7) is 0. The zero-order valence-corrected chi connectivity index (χ0v) is 15.3. The summed E-state index contributed by atoms with van der Waals surface area (Å²) in [5, 5.41) is 3.74. The number of alkyl halides is 1. The lowest BCUT2D eigenvalue weighted by molar-refractivity contribution is -0.172. The minimum atomic E-state index is -0.848. The van der Waals surface area contributed by atoms with E-state index < -0.39 is 41.7 Å². The van der Waals surface area contributed by atoms with Crippen LogP contribution in [0.1, 0.15) is 10.4 Å². The van der Waals surface area contributed by atoms with Gasteiger partial charge in [0.25, 0.3) is 0 Å². The number of hydrogen-bond donors (Lipinski definition) is 0. The van der Waals surface area contributed by atoms with E-state index in [0.29, 0.717) is 11.3 Å². The Balaban J connectivity index is 1.83. The van der Waals surface area contributed by atoms with Crippen LogP contribution in [-0.2, 0) is 19.0 Å². The number of fused-ring (bicyclic) bond motifs is 2. The number of carbonyl (C=O) groups excluding carboxylic acids is 2. The van der Waals surface area contributed by atoms with Crippen molar-refractivity contribution in [2.45, 2.75) is 29.8 Å². The maximum atomic E-state index is 12.4. The lowest BCUT2D eigenvalue weighted by atomic mass is 9.98. The van der Waals surface area contributed by atoms with Crippen LogP contribution in [0.5, 0.6) is 0 Å². The van der Waals surface area contributed by atoms with Crippen LogP contribution < -0.4 is 0 Å². The Labute approximate surface area is 155 Å². The number of hydrogen-bond acceptors (Lipinski definition) is 7. The predicted octanol–water partition coefficient (Wildman–Crippen LogP) is 2.67. The fourth-order valence-electron chi connectivity index (χ4n) is 2.76. The molecule has 10 heteroatoms. The third kappa shape index (κ3) is 3.92. The average Bonchev–Trinajstić information content (AvgIpc) is 3.08. The van der Waals surface area contributed by atoms with Gasteiger partial charge >= 0.3 is 11.9 Å². The van der Waals surface area contributed by atoms with E-state index in [4.69, 9.17) is 19.7 Å². The van der Waals surface area contributed by atoms with Gasteiger partial charge in [-0.05, 0) is 17.7 Å². The Morgan fingerprint density at radius 2 is 2.08 bits per heavy atom. The van der Waals surface area contributed by atoms with Crippen LogP contribution in [0, 0.1) is 0 Å². The van der Waals surface area contributed by atoms with E-state index in [2.05, 4.69) is 26.0 Å². The Kier molecular flexibility index (Phi) is 5.85. The lowest BCUT2D eigenvalue weighted by Gasteiger charge is -2.38. The molecule has 2 saturated heterocycles. The Bertz CT molecular complexity index is 700. The number of rotatable bonds is 5. The highest BCUT2D eigenvalue weighted by molar-refractivity contribution is 9.09. The van der Waals surface area contributed by atoms with Gasteiger partial charge in [-0.1, -0.05) is 39.2 Å². The highest BCUT2D eigenvalue weighted by Gasteiger charge is 2.53. The zero-order chi connectivity index (χ0) is 17.8. The normalized spacial score (nSPS) is 30.2. The van der Waals surface area contributed by atoms with E-state index in [1.165, 1.54) is 11.8 Å². The maximum Gasteiger partial charge on any atom is 0.338 e. The van der Waals surface area contributed by atoms with E-state index in [1.807, 2.05) is 0 Å². The molecule has 0 spiro atoms. The summed E-state index contributed by atoms with van der Waals surface area (Å²) in [4.78, 5) is 26.9. The van der Waals surface area contributed by atoms with Gasteiger partial charge in [-0.15, -0.1) is 11.8 Å². The number of ether oxygens (including phenoxy) is 3. The minimum Gasteiger partial charge on any atom is -0.457 e. The van der Waals surface area contributed by atoms with Crippen molar-refractivity contribution in [1.82, 2.24) is 0 Å². The topological polar surface area (TPSA) is 111 Å². The molecule has 5 atom stereocenters. The van der Waals surface area contributed by atoms with Gasteiger partial charge < -0.3 is 14.2 Å². The molecular weight excluding hydrogens is 414 g/mol. The first-order chi connectivity index (χ1) is 12.1. The van der Waals surface area contributed by atoms with Crippen LogP contribution in [0.2, 0.25) is 0 Å². The van der Waals surface area contributed by atoms with Crippen molar-refractivity contribution < 1.29 is 23.8 Å². The molecule has 3 rings (SSSR count). The van der Waals surface area contributed by atoms with Crippen molar-refractivity contribution in [3.8, 4) is 0 Å². The van der Waals surface area contributed by atoms with E-state index >= 15 is 0 Å². The quantitative estimate of drug-likeness (QED) is 0.234. The molecule has 0 N–H and O–H groups in total. The summed E-state index contributed by atoms with van der Waals surface area (Å²) >= 11 is 4.47. The largest absolute Gasteiger partial charge is 0.457 e. The molecule has 0 saturated carbocycles. The SMILES string of the molecule is [N-]=[N+]=N[C@@H]1[C@H](OC(=O)c2ccccc2)[C@H]2CS[C@H](O2)[C@H]1OC(=O)CBr. The van der Waals surface area contributed by atoms with Gasteiger partial charge in [0, 0.05) is 10.7 Å². The predicted molar refractivity (Wildman–Crippen MR) is 93.4 cm³/mol. The van der Waals surface area contributed by atoms with Crippen LogP contribution >= 0.6 is 27.7 Å². The molecule has 0 aliphatic carbocycles. The molecule has 0 amide bonds. The fourth-order valence-corrected chi connectivity index (χ4v) is 4.17. The van der Waals surface area contributed by atoms with Crippen LogP contribution in [0.3, 0.4) is 0 Å². The Morgan fingerprint density at radius 3 is 2.76 bits per heavy atom. The van der Waals surface area contributed by atoms with Gasteiger partial charge in [-0.2, -0.15) is 0 Å². The maximum absolute atomic E-state index is 12.4. The van der Waals surface area contributed by atoms with Gasteiger partial charge in [0.1, 0.15) is 35.1 Å². The second-order valence-electron chi connectivity index (χ2n) is 5.40. The van der Waals surface area contributed by atoms with E-state index in [0.717, 1.165) is 0 Å². The molecule has 2 fully saturated rings. The van der Waals surface area contributed by atoms with Crippen LogP contribution in [0.15, 0.2) is 35.4 Å². The Hall–Kier alpha value is -1.74. The molecule has 1 aromatic rings. The number of thioether (sulfide) groups is 1. The zero-order valence-electron chi connectivity index (χ0n) is 12.9. The number of azide groups is 1. The first-order valence-corrected chi connectivity index (χ1v) is 9.64. The highest BCUT2D eigenvalue weighted by Crippen LogP contribution is 2.41. The number of esters is 2. The third-order valence-electron chi connectivity index (χ3n) is 3.86. The first kappa shape index (κ1) is 18.1. The molecule has 2 heterocycles. The van der Waals surface area contributed by atoms with Crippen molar-refractivity contribution in [3.05, 3.63) is 46.3 Å². The summed E-state index contributed by atoms with van der Waals surface area (Å²) in [6.07, 6.45) is -2.07. The highest BCUT2D eigenvalue weighted by atomic mass is 79.9. The van der Waals surface area contributed by atoms with Gasteiger partial charge in [0.05, 0.1) is 5.56 Å². The van der Waals surface area contributed by atoms with Crippen LogP contribution in [0.4, 0.5) is 0 Å². The average molecular weight is 428 g/mol. The molecule has 0 unspecified atom stereocenters. The molecule has 2 aliphatic heterocycles. The molecule has 132 valence electrons. The standard InChI is InChI=1S/C15H14BrN3O5S/c16-6-10(20)23-13-11(18-19-17)12(9-7-25-15(13)22-9)24-14(21)8-4-2-1-3-5-8/h1-5,9,11-13,15H,6-7H2/t9-,11-,12-,13+,15+/m1/s1. The van der Waals surface area contributed by atoms with Crippen molar-refractivity contribution in [1.29, 1.82) is 0 Å². The summed E-state index contributed by atoms with van der Waals surface area (Å²) < 4.78 is 16.7. The molecule has 2 bridgehead atoms.